The second-order valence-corrected chi connectivity index (χ2v) is 5.18. The molecule has 0 aliphatic heterocycles. The summed E-state index contributed by atoms with van der Waals surface area (Å²) < 4.78 is 1.42. The predicted molar refractivity (Wildman–Crippen MR) is 79.0 cm³/mol. The summed E-state index contributed by atoms with van der Waals surface area (Å²) in [5, 5.41) is 19.8. The van der Waals surface area contributed by atoms with Gasteiger partial charge in [-0.3, -0.25) is 5.32 Å². The van der Waals surface area contributed by atoms with Crippen LogP contribution in [0.1, 0.15) is 12.5 Å². The molecule has 1 atom stereocenters. The molecule has 21 heavy (non-hydrogen) atoms. The van der Waals surface area contributed by atoms with Gasteiger partial charge in [-0.1, -0.05) is 29.8 Å². The maximum absolute atomic E-state index is 11.8. The van der Waals surface area contributed by atoms with E-state index in [1.165, 1.54) is 11.0 Å². The van der Waals surface area contributed by atoms with Gasteiger partial charge in [0.05, 0.1) is 6.54 Å². The van der Waals surface area contributed by atoms with Crippen LogP contribution in [0.2, 0.25) is 5.02 Å². The molecule has 0 aliphatic rings. The average molecular weight is 310 g/mol. The lowest BCUT2D eigenvalue weighted by molar-refractivity contribution is 0.0600. The number of anilines is 1. The topological polar surface area (TPSA) is 92.1 Å². The van der Waals surface area contributed by atoms with Crippen LogP contribution in [0.25, 0.3) is 0 Å². The molecular weight excluding hydrogens is 294 g/mol. The lowest BCUT2D eigenvalue weighted by atomic mass is 9.96. The molecule has 0 bridgehead atoms. The van der Waals surface area contributed by atoms with Gasteiger partial charge >= 0.3 is 6.03 Å². The highest BCUT2D eigenvalue weighted by molar-refractivity contribution is 6.31. The molecule has 0 saturated heterocycles. The number of benzene rings is 1. The van der Waals surface area contributed by atoms with Gasteiger partial charge in [-0.15, -0.1) is 0 Å². The second-order valence-electron chi connectivity index (χ2n) is 4.77. The number of nitrogens with one attached hydrogen (secondary N) is 2. The highest BCUT2D eigenvalue weighted by atomic mass is 35.5. The number of aromatic nitrogens is 3. The standard InChI is InChI=1S/C13H16ClN5O2/c1-13(21,9-5-3-4-6-10(9)14)7-15-12(20)18-11-16-8-17-19(11)2/h3-6,8,21H,7H2,1-2H3,(H2,15,16,17,18,20)/t13-/m1/s1. The third kappa shape index (κ3) is 3.71. The van der Waals surface area contributed by atoms with Crippen LogP contribution in [0.3, 0.4) is 0 Å². The van der Waals surface area contributed by atoms with Crippen LogP contribution in [0.5, 0.6) is 0 Å². The minimum absolute atomic E-state index is 0.000415. The van der Waals surface area contributed by atoms with Crippen molar-refractivity contribution < 1.29 is 9.90 Å². The smallest absolute Gasteiger partial charge is 0.321 e. The molecule has 3 N–H and O–H groups in total. The van der Waals surface area contributed by atoms with Crippen molar-refractivity contribution in [3.05, 3.63) is 41.2 Å². The molecule has 0 spiro atoms. The third-order valence-electron chi connectivity index (χ3n) is 2.98. The Morgan fingerprint density at radius 1 is 1.48 bits per heavy atom. The molecule has 2 aromatic rings. The molecular formula is C13H16ClN5O2. The van der Waals surface area contributed by atoms with Crippen molar-refractivity contribution in [3.63, 3.8) is 0 Å². The van der Waals surface area contributed by atoms with Crippen molar-refractivity contribution in [1.29, 1.82) is 0 Å². The summed E-state index contributed by atoms with van der Waals surface area (Å²) in [4.78, 5) is 15.6. The molecule has 7 nitrogen and oxygen atoms in total. The lowest BCUT2D eigenvalue weighted by Crippen LogP contribution is -2.41. The van der Waals surface area contributed by atoms with E-state index in [0.717, 1.165) is 0 Å². The molecule has 112 valence electrons. The molecule has 2 rings (SSSR count). The normalized spacial score (nSPS) is 13.5. The van der Waals surface area contributed by atoms with E-state index >= 15 is 0 Å². The Hall–Kier alpha value is -2.12. The number of halogens is 1. The van der Waals surface area contributed by atoms with Crippen LogP contribution in [0.15, 0.2) is 30.6 Å². The summed E-state index contributed by atoms with van der Waals surface area (Å²) in [6.07, 6.45) is 1.33. The maximum atomic E-state index is 11.8. The second kappa shape index (κ2) is 6.11. The molecule has 0 fully saturated rings. The minimum atomic E-state index is -1.28. The van der Waals surface area contributed by atoms with Crippen molar-refractivity contribution in [2.75, 3.05) is 11.9 Å². The molecule has 1 aromatic carbocycles. The Kier molecular flexibility index (Phi) is 4.44. The van der Waals surface area contributed by atoms with Gasteiger partial charge in [0.1, 0.15) is 11.9 Å². The fraction of sp³-hybridized carbons (Fsp3) is 0.308. The average Bonchev–Trinajstić information content (AvgIpc) is 2.82. The highest BCUT2D eigenvalue weighted by Crippen LogP contribution is 2.27. The summed E-state index contributed by atoms with van der Waals surface area (Å²) in [6.45, 7) is 1.58. The zero-order valence-electron chi connectivity index (χ0n) is 11.7. The van der Waals surface area contributed by atoms with Gasteiger partial charge in [0.25, 0.3) is 0 Å². The molecule has 0 radical (unpaired) electrons. The van der Waals surface area contributed by atoms with Crippen molar-refractivity contribution in [3.8, 4) is 0 Å². The Morgan fingerprint density at radius 2 is 2.19 bits per heavy atom. The number of hydrogen-bond acceptors (Lipinski definition) is 4. The molecule has 0 aliphatic carbocycles. The fourth-order valence-corrected chi connectivity index (χ4v) is 2.14. The van der Waals surface area contributed by atoms with Crippen LogP contribution in [0, 0.1) is 0 Å². The van der Waals surface area contributed by atoms with E-state index in [4.69, 9.17) is 11.6 Å². The van der Waals surface area contributed by atoms with Crippen molar-refractivity contribution in [2.24, 2.45) is 7.05 Å². The van der Waals surface area contributed by atoms with E-state index in [9.17, 15) is 9.90 Å². The van der Waals surface area contributed by atoms with Gasteiger partial charge < -0.3 is 10.4 Å². The minimum Gasteiger partial charge on any atom is -0.384 e. The maximum Gasteiger partial charge on any atom is 0.321 e. The molecule has 2 amide bonds. The lowest BCUT2D eigenvalue weighted by Gasteiger charge is -2.25. The molecule has 0 saturated carbocycles. The summed E-state index contributed by atoms with van der Waals surface area (Å²) in [5.74, 6) is 0.310. The number of rotatable bonds is 4. The number of carbonyl (C=O) groups is 1. The number of carbonyl (C=O) groups excluding carboxylic acids is 1. The van der Waals surface area contributed by atoms with Crippen LogP contribution in [-0.4, -0.2) is 32.4 Å². The molecule has 1 aromatic heterocycles. The molecule has 1 heterocycles. The first-order chi connectivity index (χ1) is 9.90. The van der Waals surface area contributed by atoms with Gasteiger partial charge in [0.15, 0.2) is 0 Å². The first-order valence-electron chi connectivity index (χ1n) is 6.26. The van der Waals surface area contributed by atoms with Gasteiger partial charge in [-0.05, 0) is 13.0 Å². The largest absolute Gasteiger partial charge is 0.384 e. The summed E-state index contributed by atoms with van der Waals surface area (Å²) in [6, 6.07) is 6.46. The molecule has 8 heteroatoms. The zero-order valence-corrected chi connectivity index (χ0v) is 12.4. The summed E-state index contributed by atoms with van der Waals surface area (Å²) in [7, 11) is 1.66. The Bertz CT molecular complexity index is 641. The molecule has 0 unspecified atom stereocenters. The predicted octanol–water partition coefficient (Wildman–Crippen LogP) is 1.50. The van der Waals surface area contributed by atoms with Gasteiger partial charge in [-0.25, -0.2) is 9.48 Å². The number of amides is 2. The number of hydrogen-bond donors (Lipinski definition) is 3. The van der Waals surface area contributed by atoms with Gasteiger partial charge in [-0.2, -0.15) is 10.1 Å². The first-order valence-corrected chi connectivity index (χ1v) is 6.64. The van der Waals surface area contributed by atoms with Crippen molar-refractivity contribution in [1.82, 2.24) is 20.1 Å². The highest BCUT2D eigenvalue weighted by Gasteiger charge is 2.26. The van der Waals surface area contributed by atoms with E-state index in [1.54, 1.807) is 38.2 Å². The quantitative estimate of drug-likeness (QED) is 0.798. The summed E-state index contributed by atoms with van der Waals surface area (Å²) in [5.41, 5.74) is -0.735. The van der Waals surface area contributed by atoms with E-state index in [1.807, 2.05) is 0 Å². The monoisotopic (exact) mass is 309 g/mol. The van der Waals surface area contributed by atoms with Crippen LogP contribution >= 0.6 is 11.6 Å². The van der Waals surface area contributed by atoms with E-state index in [2.05, 4.69) is 20.7 Å². The Balaban J connectivity index is 1.97. The fourth-order valence-electron chi connectivity index (χ4n) is 1.80. The van der Waals surface area contributed by atoms with Gasteiger partial charge in [0, 0.05) is 17.6 Å². The van der Waals surface area contributed by atoms with Gasteiger partial charge in [0.2, 0.25) is 5.95 Å². The van der Waals surface area contributed by atoms with Crippen molar-refractivity contribution in [2.45, 2.75) is 12.5 Å². The third-order valence-corrected chi connectivity index (χ3v) is 3.31. The van der Waals surface area contributed by atoms with E-state index in [0.29, 0.717) is 16.5 Å². The van der Waals surface area contributed by atoms with E-state index in [-0.39, 0.29) is 6.54 Å². The number of urea groups is 1. The SMILES string of the molecule is Cn1ncnc1NC(=O)NC[C@@](C)(O)c1ccccc1Cl. The number of aliphatic hydroxyl groups is 1. The zero-order chi connectivity index (χ0) is 15.5. The number of aryl methyl sites for hydroxylation is 1. The summed E-state index contributed by atoms with van der Waals surface area (Å²) >= 11 is 6.05. The Labute approximate surface area is 126 Å². The number of nitrogens with zero attached hydrogens (tertiary/aromatic N) is 3. The van der Waals surface area contributed by atoms with Crippen LogP contribution in [0.4, 0.5) is 10.7 Å². The Morgan fingerprint density at radius 3 is 2.81 bits per heavy atom. The van der Waals surface area contributed by atoms with E-state index < -0.39 is 11.6 Å². The van der Waals surface area contributed by atoms with Crippen LogP contribution in [-0.2, 0) is 12.6 Å². The first kappa shape index (κ1) is 15.3. The van der Waals surface area contributed by atoms with Crippen LogP contribution < -0.4 is 10.6 Å². The van der Waals surface area contributed by atoms with Crippen molar-refractivity contribution >= 4 is 23.6 Å².